The van der Waals surface area contributed by atoms with E-state index in [1.807, 2.05) is 19.9 Å². The lowest BCUT2D eigenvalue weighted by Gasteiger charge is -2.53. The summed E-state index contributed by atoms with van der Waals surface area (Å²) in [5.41, 5.74) is 2.19. The second-order valence-corrected chi connectivity index (χ2v) is 7.92. The SMILES string of the molecule is Cc1cc(C)nc(N2CC[C@H]3CN(C(=O)c4c(F)cccc4-n4nccn4)[C@H]3C2)n1. The highest BCUT2D eigenvalue weighted by atomic mass is 19.1. The summed E-state index contributed by atoms with van der Waals surface area (Å²) >= 11 is 0. The van der Waals surface area contributed by atoms with Gasteiger partial charge in [0.25, 0.3) is 5.91 Å². The summed E-state index contributed by atoms with van der Waals surface area (Å²) in [6.45, 7) is 6.03. The minimum absolute atomic E-state index is 0.00641. The molecule has 0 N–H and O–H groups in total. The van der Waals surface area contributed by atoms with Crippen LogP contribution in [0.3, 0.4) is 0 Å². The van der Waals surface area contributed by atoms with E-state index in [2.05, 4.69) is 25.1 Å². The first-order chi connectivity index (χ1) is 14.5. The normalized spacial score (nSPS) is 20.6. The van der Waals surface area contributed by atoms with E-state index >= 15 is 0 Å². The topological polar surface area (TPSA) is 80.0 Å². The van der Waals surface area contributed by atoms with Gasteiger partial charge in [-0.05, 0) is 38.5 Å². The summed E-state index contributed by atoms with van der Waals surface area (Å²) in [4.78, 5) is 27.6. The van der Waals surface area contributed by atoms with Crippen LogP contribution in [0.2, 0.25) is 0 Å². The van der Waals surface area contributed by atoms with Gasteiger partial charge in [0.2, 0.25) is 5.95 Å². The number of likely N-dealkylation sites (tertiary alicyclic amines) is 1. The number of nitrogens with zero attached hydrogens (tertiary/aromatic N) is 7. The number of benzene rings is 1. The number of fused-ring (bicyclic) bond motifs is 1. The van der Waals surface area contributed by atoms with Crippen LogP contribution in [-0.2, 0) is 0 Å². The second-order valence-electron chi connectivity index (χ2n) is 7.92. The maximum atomic E-state index is 14.7. The molecule has 1 amide bonds. The third-order valence-corrected chi connectivity index (χ3v) is 5.91. The molecule has 9 heteroatoms. The van der Waals surface area contributed by atoms with Gasteiger partial charge in [-0.3, -0.25) is 4.79 Å². The van der Waals surface area contributed by atoms with Gasteiger partial charge in [0.05, 0.1) is 18.4 Å². The summed E-state index contributed by atoms with van der Waals surface area (Å²) in [5.74, 6) is 0.208. The smallest absolute Gasteiger partial charge is 0.259 e. The fourth-order valence-electron chi connectivity index (χ4n) is 4.44. The number of halogens is 1. The Morgan fingerprint density at radius 2 is 1.83 bits per heavy atom. The van der Waals surface area contributed by atoms with Crippen LogP contribution >= 0.6 is 0 Å². The van der Waals surface area contributed by atoms with Crippen molar-refractivity contribution in [2.75, 3.05) is 24.5 Å². The molecule has 0 spiro atoms. The van der Waals surface area contributed by atoms with Gasteiger partial charge in [-0.2, -0.15) is 15.0 Å². The first-order valence-electron chi connectivity index (χ1n) is 10.0. The van der Waals surface area contributed by atoms with Crippen molar-refractivity contribution in [2.45, 2.75) is 26.3 Å². The van der Waals surface area contributed by atoms with Crippen LogP contribution in [0.15, 0.2) is 36.7 Å². The second kappa shape index (κ2) is 7.16. The lowest BCUT2D eigenvalue weighted by atomic mass is 9.81. The van der Waals surface area contributed by atoms with E-state index in [9.17, 15) is 9.18 Å². The Bertz CT molecular complexity index is 1080. The van der Waals surface area contributed by atoms with Crippen LogP contribution < -0.4 is 4.90 Å². The molecule has 4 heterocycles. The van der Waals surface area contributed by atoms with Crippen LogP contribution in [-0.4, -0.2) is 61.4 Å². The molecule has 1 aromatic carbocycles. The molecule has 8 nitrogen and oxygen atoms in total. The van der Waals surface area contributed by atoms with Gasteiger partial charge < -0.3 is 9.80 Å². The largest absolute Gasteiger partial charge is 0.339 e. The number of carbonyl (C=O) groups excluding carboxylic acids is 1. The Morgan fingerprint density at radius 1 is 1.10 bits per heavy atom. The fourth-order valence-corrected chi connectivity index (χ4v) is 4.44. The van der Waals surface area contributed by atoms with E-state index in [1.54, 1.807) is 17.0 Å². The number of anilines is 1. The Balaban J connectivity index is 1.41. The lowest BCUT2D eigenvalue weighted by Crippen LogP contribution is -2.66. The maximum absolute atomic E-state index is 14.7. The van der Waals surface area contributed by atoms with Crippen molar-refractivity contribution in [1.82, 2.24) is 29.9 Å². The number of hydrogen-bond donors (Lipinski definition) is 0. The number of amides is 1. The maximum Gasteiger partial charge on any atom is 0.259 e. The number of hydrogen-bond acceptors (Lipinski definition) is 6. The fraction of sp³-hybridized carbons (Fsp3) is 0.381. The van der Waals surface area contributed by atoms with Crippen LogP contribution in [0.5, 0.6) is 0 Å². The van der Waals surface area contributed by atoms with Crippen molar-refractivity contribution in [3.8, 4) is 5.69 Å². The van der Waals surface area contributed by atoms with Gasteiger partial charge in [0, 0.05) is 36.9 Å². The third kappa shape index (κ3) is 3.10. The summed E-state index contributed by atoms with van der Waals surface area (Å²) in [6, 6.07) is 6.47. The van der Waals surface area contributed by atoms with Gasteiger partial charge in [0.15, 0.2) is 0 Å². The molecule has 5 rings (SSSR count). The van der Waals surface area contributed by atoms with Crippen molar-refractivity contribution < 1.29 is 9.18 Å². The molecule has 0 unspecified atom stereocenters. The van der Waals surface area contributed by atoms with Crippen molar-refractivity contribution in [2.24, 2.45) is 5.92 Å². The summed E-state index contributed by atoms with van der Waals surface area (Å²) in [5, 5.41) is 8.13. The van der Waals surface area contributed by atoms with E-state index in [0.29, 0.717) is 30.6 Å². The van der Waals surface area contributed by atoms with E-state index in [1.165, 1.54) is 23.3 Å². The van der Waals surface area contributed by atoms with Gasteiger partial charge in [-0.25, -0.2) is 14.4 Å². The number of rotatable bonds is 3. The average molecular weight is 407 g/mol. The Kier molecular flexibility index (Phi) is 4.45. The van der Waals surface area contributed by atoms with Crippen molar-refractivity contribution in [1.29, 1.82) is 0 Å². The highest BCUT2D eigenvalue weighted by Crippen LogP contribution is 2.35. The zero-order valence-corrected chi connectivity index (χ0v) is 16.9. The van der Waals surface area contributed by atoms with Crippen LogP contribution in [0, 0.1) is 25.6 Å². The van der Waals surface area contributed by atoms with E-state index in [0.717, 1.165) is 24.4 Å². The molecular formula is C21H22FN7O. The van der Waals surface area contributed by atoms with E-state index in [-0.39, 0.29) is 17.5 Å². The Hall–Kier alpha value is -3.36. The first-order valence-corrected chi connectivity index (χ1v) is 10.0. The Morgan fingerprint density at radius 3 is 2.57 bits per heavy atom. The lowest BCUT2D eigenvalue weighted by molar-refractivity contribution is 0.00728. The van der Waals surface area contributed by atoms with Gasteiger partial charge in [-0.1, -0.05) is 6.07 Å². The van der Waals surface area contributed by atoms with E-state index in [4.69, 9.17) is 0 Å². The third-order valence-electron chi connectivity index (χ3n) is 5.91. The molecule has 0 radical (unpaired) electrons. The number of carbonyl (C=O) groups is 1. The molecule has 3 aromatic rings. The predicted octanol–water partition coefficient (Wildman–Crippen LogP) is 2.16. The van der Waals surface area contributed by atoms with Crippen LogP contribution in [0.25, 0.3) is 5.69 Å². The molecule has 2 aromatic heterocycles. The highest BCUT2D eigenvalue weighted by molar-refractivity contribution is 5.98. The Labute approximate surface area is 173 Å². The molecule has 2 aliphatic rings. The average Bonchev–Trinajstić information content (AvgIpc) is 3.22. The van der Waals surface area contributed by atoms with Gasteiger partial charge in [-0.15, -0.1) is 0 Å². The monoisotopic (exact) mass is 407 g/mol. The minimum atomic E-state index is -0.566. The molecule has 0 bridgehead atoms. The first kappa shape index (κ1) is 18.7. The predicted molar refractivity (Wildman–Crippen MR) is 108 cm³/mol. The molecule has 0 saturated carbocycles. The van der Waals surface area contributed by atoms with Gasteiger partial charge in [0.1, 0.15) is 17.1 Å². The highest BCUT2D eigenvalue weighted by Gasteiger charge is 2.46. The molecule has 2 atom stereocenters. The molecular weight excluding hydrogens is 385 g/mol. The summed E-state index contributed by atoms with van der Waals surface area (Å²) in [6.07, 6.45) is 3.96. The summed E-state index contributed by atoms with van der Waals surface area (Å²) in [7, 11) is 0. The van der Waals surface area contributed by atoms with Crippen molar-refractivity contribution in [3.05, 3.63) is 59.4 Å². The molecule has 154 valence electrons. The number of aryl methyl sites for hydroxylation is 2. The van der Waals surface area contributed by atoms with Crippen molar-refractivity contribution in [3.63, 3.8) is 0 Å². The van der Waals surface area contributed by atoms with E-state index < -0.39 is 5.82 Å². The quantitative estimate of drug-likeness (QED) is 0.662. The molecule has 2 fully saturated rings. The molecule has 2 saturated heterocycles. The van der Waals surface area contributed by atoms with Crippen LogP contribution in [0.4, 0.5) is 10.3 Å². The standard InChI is InChI=1S/C21H22FN7O/c1-13-10-14(2)26-21(25-13)27-9-6-15-11-28(18(15)12-27)20(30)19-16(22)4-3-5-17(19)29-23-7-8-24-29/h3-5,7-8,10,15,18H,6,9,11-12H2,1-2H3/t15-,18-/m0/s1. The molecule has 30 heavy (non-hydrogen) atoms. The minimum Gasteiger partial charge on any atom is -0.339 e. The van der Waals surface area contributed by atoms with Gasteiger partial charge >= 0.3 is 0 Å². The number of piperidine rings is 1. The summed E-state index contributed by atoms with van der Waals surface area (Å²) < 4.78 is 14.7. The molecule has 2 aliphatic heterocycles. The zero-order chi connectivity index (χ0) is 20.8. The zero-order valence-electron chi connectivity index (χ0n) is 16.9. The molecule has 0 aliphatic carbocycles. The number of aromatic nitrogens is 5. The van der Waals surface area contributed by atoms with Crippen molar-refractivity contribution >= 4 is 11.9 Å². The van der Waals surface area contributed by atoms with Crippen LogP contribution in [0.1, 0.15) is 28.2 Å².